The molecule has 1 saturated heterocycles. The van der Waals surface area contributed by atoms with E-state index in [1.807, 2.05) is 59.9 Å². The number of halogens is 1. The summed E-state index contributed by atoms with van der Waals surface area (Å²) < 4.78 is 19.3. The summed E-state index contributed by atoms with van der Waals surface area (Å²) in [5.41, 5.74) is 2.70. The van der Waals surface area contributed by atoms with Crippen molar-refractivity contribution in [3.8, 4) is 11.3 Å². The van der Waals surface area contributed by atoms with Crippen LogP contribution in [0.3, 0.4) is 0 Å². The van der Waals surface area contributed by atoms with Crippen LogP contribution in [0, 0.1) is 5.82 Å². The number of furan rings is 1. The zero-order chi connectivity index (χ0) is 19.3. The van der Waals surface area contributed by atoms with Crippen LogP contribution in [0.1, 0.15) is 32.7 Å². The van der Waals surface area contributed by atoms with E-state index in [9.17, 15) is 9.18 Å². The van der Waals surface area contributed by atoms with Crippen molar-refractivity contribution in [2.75, 3.05) is 11.5 Å². The number of nitrogens with one attached hydrogen (secondary N) is 1. The Labute approximate surface area is 172 Å². The van der Waals surface area contributed by atoms with E-state index in [1.165, 1.54) is 35.6 Å². The van der Waals surface area contributed by atoms with Crippen molar-refractivity contribution < 1.29 is 13.6 Å². The van der Waals surface area contributed by atoms with Crippen molar-refractivity contribution in [3.05, 3.63) is 83.4 Å². The highest BCUT2D eigenvalue weighted by atomic mass is 32.2. The number of rotatable bonds is 5. The summed E-state index contributed by atoms with van der Waals surface area (Å²) in [4.78, 5) is 12.4. The van der Waals surface area contributed by atoms with Crippen molar-refractivity contribution in [2.24, 2.45) is 0 Å². The van der Waals surface area contributed by atoms with Crippen molar-refractivity contribution in [1.29, 1.82) is 0 Å². The topological polar surface area (TPSA) is 42.2 Å². The Hall–Kier alpha value is -2.18. The largest absolute Gasteiger partial charge is 0.459 e. The fourth-order valence-electron chi connectivity index (χ4n) is 2.98. The molecule has 144 valence electrons. The third-order valence-corrected chi connectivity index (χ3v) is 7.50. The Bertz CT molecular complexity index is 932. The lowest BCUT2D eigenvalue weighted by atomic mass is 10.1. The molecule has 0 bridgehead atoms. The molecule has 6 heteroatoms. The summed E-state index contributed by atoms with van der Waals surface area (Å²) in [7, 11) is 0. The molecule has 4 rings (SSSR count). The molecule has 0 unspecified atom stereocenters. The smallest absolute Gasteiger partial charge is 0.251 e. The first kappa shape index (κ1) is 19.2. The molecule has 2 aromatic carbocycles. The number of hydrogen-bond acceptors (Lipinski definition) is 4. The first-order valence-corrected chi connectivity index (χ1v) is 11.2. The molecule has 2 heterocycles. The summed E-state index contributed by atoms with van der Waals surface area (Å²) in [5, 5.41) is 2.89. The normalized spacial score (nSPS) is 14.8. The van der Waals surface area contributed by atoms with Gasteiger partial charge in [0.1, 0.15) is 17.3 Å². The maximum atomic E-state index is 13.0. The summed E-state index contributed by atoms with van der Waals surface area (Å²) in [6.45, 7) is 0.302. The Morgan fingerprint density at radius 1 is 1.00 bits per heavy atom. The Balaban J connectivity index is 1.34. The van der Waals surface area contributed by atoms with E-state index in [0.717, 1.165) is 5.56 Å². The second-order valence-electron chi connectivity index (χ2n) is 6.50. The van der Waals surface area contributed by atoms with Crippen LogP contribution in [0.15, 0.2) is 65.1 Å². The standard InChI is InChI=1S/C22H20FNO2S2/c23-18-8-6-15(7-9-18)20-11-10-19(26-20)14-24-21(25)16-2-4-17(5-3-16)22-27-12-1-13-28-22/h2-11,22H,1,12-14H2,(H,24,25). The minimum Gasteiger partial charge on any atom is -0.459 e. The predicted molar refractivity (Wildman–Crippen MR) is 114 cm³/mol. The number of thioether (sulfide) groups is 2. The van der Waals surface area contributed by atoms with Gasteiger partial charge in [-0.25, -0.2) is 4.39 Å². The quantitative estimate of drug-likeness (QED) is 0.567. The lowest BCUT2D eigenvalue weighted by Crippen LogP contribution is -2.22. The first-order chi connectivity index (χ1) is 13.7. The van der Waals surface area contributed by atoms with Crippen LogP contribution in [-0.2, 0) is 6.54 Å². The van der Waals surface area contributed by atoms with E-state index in [2.05, 4.69) is 5.32 Å². The highest BCUT2D eigenvalue weighted by Crippen LogP contribution is 2.43. The molecule has 0 radical (unpaired) electrons. The van der Waals surface area contributed by atoms with Crippen LogP contribution in [-0.4, -0.2) is 17.4 Å². The molecular weight excluding hydrogens is 393 g/mol. The number of carbonyl (C=O) groups is 1. The van der Waals surface area contributed by atoms with Crippen LogP contribution in [0.5, 0.6) is 0 Å². The van der Waals surface area contributed by atoms with Crippen LogP contribution in [0.2, 0.25) is 0 Å². The summed E-state index contributed by atoms with van der Waals surface area (Å²) >= 11 is 3.94. The van der Waals surface area contributed by atoms with Gasteiger partial charge >= 0.3 is 0 Å². The van der Waals surface area contributed by atoms with Gasteiger partial charge in [-0.3, -0.25) is 4.79 Å². The monoisotopic (exact) mass is 413 g/mol. The van der Waals surface area contributed by atoms with Crippen molar-refractivity contribution in [1.82, 2.24) is 5.32 Å². The van der Waals surface area contributed by atoms with E-state index in [4.69, 9.17) is 4.42 Å². The molecule has 1 amide bonds. The Morgan fingerprint density at radius 2 is 1.71 bits per heavy atom. The lowest BCUT2D eigenvalue weighted by Gasteiger charge is -2.21. The zero-order valence-corrected chi connectivity index (χ0v) is 16.8. The minimum atomic E-state index is -0.283. The third kappa shape index (κ3) is 4.62. The van der Waals surface area contributed by atoms with Gasteiger partial charge in [0, 0.05) is 11.1 Å². The van der Waals surface area contributed by atoms with Gasteiger partial charge in [-0.2, -0.15) is 0 Å². The maximum absolute atomic E-state index is 13.0. The van der Waals surface area contributed by atoms with E-state index in [0.29, 0.717) is 28.2 Å². The number of benzene rings is 2. The molecule has 1 aromatic heterocycles. The molecule has 1 aliphatic rings. The maximum Gasteiger partial charge on any atom is 0.251 e. The molecule has 28 heavy (non-hydrogen) atoms. The first-order valence-electron chi connectivity index (χ1n) is 9.15. The van der Waals surface area contributed by atoms with Crippen LogP contribution in [0.25, 0.3) is 11.3 Å². The zero-order valence-electron chi connectivity index (χ0n) is 15.2. The summed E-state index contributed by atoms with van der Waals surface area (Å²) in [6.07, 6.45) is 1.27. The molecule has 0 aliphatic carbocycles. The van der Waals surface area contributed by atoms with Gasteiger partial charge in [0.15, 0.2) is 0 Å². The molecular formula is C22H20FNO2S2. The van der Waals surface area contributed by atoms with Gasteiger partial charge < -0.3 is 9.73 Å². The van der Waals surface area contributed by atoms with Gasteiger partial charge in [0.2, 0.25) is 0 Å². The van der Waals surface area contributed by atoms with E-state index >= 15 is 0 Å². The Morgan fingerprint density at radius 3 is 2.43 bits per heavy atom. The number of carbonyl (C=O) groups excluding carboxylic acids is 1. The van der Waals surface area contributed by atoms with Gasteiger partial charge in [-0.05, 0) is 72.0 Å². The Kier molecular flexibility index (Phi) is 6.07. The molecule has 1 fully saturated rings. The third-order valence-electron chi connectivity index (χ3n) is 4.49. The lowest BCUT2D eigenvalue weighted by molar-refractivity contribution is 0.0948. The highest BCUT2D eigenvalue weighted by molar-refractivity contribution is 8.16. The van der Waals surface area contributed by atoms with E-state index in [1.54, 1.807) is 12.1 Å². The van der Waals surface area contributed by atoms with E-state index in [-0.39, 0.29) is 11.7 Å². The molecule has 0 spiro atoms. The molecule has 0 atom stereocenters. The van der Waals surface area contributed by atoms with Crippen molar-refractivity contribution in [2.45, 2.75) is 17.5 Å². The second-order valence-corrected chi connectivity index (χ2v) is 9.23. The molecule has 3 aromatic rings. The number of hydrogen-bond donors (Lipinski definition) is 1. The van der Waals surface area contributed by atoms with Crippen LogP contribution < -0.4 is 5.32 Å². The van der Waals surface area contributed by atoms with Crippen molar-refractivity contribution >= 4 is 29.4 Å². The van der Waals surface area contributed by atoms with Crippen molar-refractivity contribution in [3.63, 3.8) is 0 Å². The SMILES string of the molecule is O=C(NCc1ccc(-c2ccc(F)cc2)o1)c1ccc(C2SCCCS2)cc1. The average molecular weight is 414 g/mol. The van der Waals surface area contributed by atoms with Gasteiger partial charge in [0.05, 0.1) is 11.1 Å². The van der Waals surface area contributed by atoms with Crippen LogP contribution in [0.4, 0.5) is 4.39 Å². The van der Waals surface area contributed by atoms with Gasteiger partial charge in [0.25, 0.3) is 5.91 Å². The summed E-state index contributed by atoms with van der Waals surface area (Å²) in [6, 6.07) is 17.6. The van der Waals surface area contributed by atoms with Gasteiger partial charge in [-0.15, -0.1) is 23.5 Å². The second kappa shape index (κ2) is 8.88. The fraction of sp³-hybridized carbons (Fsp3) is 0.227. The predicted octanol–water partition coefficient (Wildman–Crippen LogP) is 5.88. The highest BCUT2D eigenvalue weighted by Gasteiger charge is 2.17. The van der Waals surface area contributed by atoms with Crippen LogP contribution >= 0.6 is 23.5 Å². The van der Waals surface area contributed by atoms with Gasteiger partial charge in [-0.1, -0.05) is 12.1 Å². The number of amides is 1. The minimum absolute atomic E-state index is 0.129. The molecule has 0 saturated carbocycles. The fourth-order valence-corrected chi connectivity index (χ4v) is 5.88. The molecule has 1 aliphatic heterocycles. The van der Waals surface area contributed by atoms with E-state index < -0.39 is 0 Å². The molecule has 1 N–H and O–H groups in total. The average Bonchev–Trinajstić information content (AvgIpc) is 3.22. The summed E-state index contributed by atoms with van der Waals surface area (Å²) in [5.74, 6) is 3.28. The molecule has 3 nitrogen and oxygen atoms in total.